The molecule has 8 nitrogen and oxygen atoms in total. The third-order valence-electron chi connectivity index (χ3n) is 11.0. The van der Waals surface area contributed by atoms with E-state index in [1.165, 1.54) is 141 Å². The van der Waals surface area contributed by atoms with Crippen molar-refractivity contribution in [2.75, 3.05) is 26.4 Å². The van der Waals surface area contributed by atoms with Gasteiger partial charge < -0.3 is 48.4 Å². The summed E-state index contributed by atoms with van der Waals surface area (Å²) in [4.78, 5) is 0. The standard InChI is InChI=1S/C18H35N2O2P.C9H18ClN2OP.C9H18O.2C5H10.2CH4.4CH3.2Fe/c1-16(2)20(17(3)4)23(22-15-9-13-19)21-14-8-7-12-18-10-5-6-11-18;1-8(2)12(9(3)4)14(10)13-7-5-6-11;10-8-4-3-7-9-5-1-2-6-9;2*1-2-4-5-3-1;;;;;;;;/h16-18H,5-12,14-15H2,1-4H3;8-9H,5,7H2,1-4H3;9-10H,1-8H2;2*1-5H2;2*1H4;4*1H3;;/q;;;;;;;4*-1;2*+2. The first-order valence-electron chi connectivity index (χ1n) is 23.6. The van der Waals surface area contributed by atoms with Gasteiger partial charge in [-0.1, -0.05) is 156 Å². The van der Waals surface area contributed by atoms with E-state index in [0.29, 0.717) is 56.8 Å². The zero-order valence-corrected chi connectivity index (χ0v) is 47.9. The maximum atomic E-state index is 8.71. The van der Waals surface area contributed by atoms with Gasteiger partial charge >= 0.3 is 34.1 Å². The molecule has 0 amide bonds. The summed E-state index contributed by atoms with van der Waals surface area (Å²) in [6.45, 7) is 19.1. The van der Waals surface area contributed by atoms with Gasteiger partial charge in [0.15, 0.2) is 0 Å². The minimum atomic E-state index is -1.08. The second-order valence-corrected chi connectivity index (χ2v) is 21.0. The van der Waals surface area contributed by atoms with Crippen molar-refractivity contribution in [1.82, 2.24) is 9.34 Å². The van der Waals surface area contributed by atoms with E-state index in [0.717, 1.165) is 31.3 Å². The molecule has 0 radical (unpaired) electrons. The first-order valence-corrected chi connectivity index (χ1v) is 26.8. The van der Waals surface area contributed by atoms with Crippen LogP contribution in [0.3, 0.4) is 0 Å². The molecule has 2 atom stereocenters. The summed E-state index contributed by atoms with van der Waals surface area (Å²) in [5, 5.41) is 25.6. The molecule has 0 saturated heterocycles. The zero-order chi connectivity index (χ0) is 42.5. The molecule has 4 aliphatic rings. The molecule has 65 heavy (non-hydrogen) atoms. The Labute approximate surface area is 438 Å². The molecule has 0 spiro atoms. The summed E-state index contributed by atoms with van der Waals surface area (Å²) in [5.41, 5.74) is 0. The second kappa shape index (κ2) is 61.0. The third kappa shape index (κ3) is 49.7. The molecular weight excluding hydrogens is 954 g/mol. The number of hydrogen-bond donors (Lipinski definition) is 1. The zero-order valence-electron chi connectivity index (χ0n) is 43.1. The van der Waals surface area contributed by atoms with Gasteiger partial charge in [-0.05, 0) is 91.3 Å². The molecule has 0 heterocycles. The Balaban J connectivity index is -0.0000000921. The average Bonchev–Trinajstić information content (AvgIpc) is 4.02. The van der Waals surface area contributed by atoms with Crippen LogP contribution >= 0.6 is 27.4 Å². The number of aliphatic hydroxyl groups is 1. The summed E-state index contributed by atoms with van der Waals surface area (Å²) in [7, 11) is -2.14. The Bertz CT molecular complexity index is 921. The molecule has 0 aromatic carbocycles. The molecule has 4 aliphatic carbocycles. The molecule has 4 saturated carbocycles. The molecule has 13 heteroatoms. The number of halogens is 1. The van der Waals surface area contributed by atoms with E-state index in [4.69, 9.17) is 40.4 Å². The van der Waals surface area contributed by atoms with Crippen molar-refractivity contribution >= 4 is 27.4 Å². The van der Waals surface area contributed by atoms with Crippen LogP contribution in [0.25, 0.3) is 0 Å². The predicted molar refractivity (Wildman–Crippen MR) is 286 cm³/mol. The van der Waals surface area contributed by atoms with Crippen LogP contribution in [0, 0.1) is 64.2 Å². The normalized spacial score (nSPS) is 15.8. The number of nitrogens with zero attached hydrogens (tertiary/aromatic N) is 4. The molecular formula is C52H111ClFe2N4O4P2. The topological polar surface area (TPSA) is 102 Å². The SMILES string of the molecule is C.C.C1CCCC1.C1CCCC1.CC(C)N(C(C)C)P(Cl)OCCC#N.CC(C)N(C(C)C)P(OCCC#N)OCCCCC1CCCC1.OCCCCC1CCCC1.[CH3-].[CH3-].[CH3-].[CH3-].[Fe+2].[Fe+2]. The summed E-state index contributed by atoms with van der Waals surface area (Å²) < 4.78 is 21.8. The first kappa shape index (κ1) is 85.8. The fourth-order valence-electron chi connectivity index (χ4n) is 8.09. The molecule has 0 aromatic heterocycles. The van der Waals surface area contributed by atoms with Crippen LogP contribution in [0.5, 0.6) is 0 Å². The third-order valence-corrected chi connectivity index (χ3v) is 15.6. The van der Waals surface area contributed by atoms with Gasteiger partial charge in [0.2, 0.25) is 7.65 Å². The van der Waals surface area contributed by atoms with E-state index in [9.17, 15) is 0 Å². The second-order valence-electron chi connectivity index (χ2n) is 17.5. The Hall–Kier alpha value is 0.929. The van der Waals surface area contributed by atoms with Crippen molar-refractivity contribution in [2.45, 2.75) is 261 Å². The van der Waals surface area contributed by atoms with Crippen molar-refractivity contribution in [1.29, 1.82) is 10.5 Å². The van der Waals surface area contributed by atoms with E-state index in [2.05, 4.69) is 70.8 Å². The molecule has 0 aliphatic heterocycles. The summed E-state index contributed by atoms with van der Waals surface area (Å²) in [5.74, 6) is 1.97. The number of aliphatic hydroxyl groups excluding tert-OH is 1. The quantitative estimate of drug-likeness (QED) is 0.0495. The minimum absolute atomic E-state index is 0. The van der Waals surface area contributed by atoms with E-state index >= 15 is 0 Å². The van der Waals surface area contributed by atoms with Crippen LogP contribution in [0.15, 0.2) is 0 Å². The molecule has 2 unspecified atom stereocenters. The number of nitriles is 2. The Morgan fingerprint density at radius 1 is 0.508 bits per heavy atom. The Morgan fingerprint density at radius 3 is 1.12 bits per heavy atom. The molecule has 4 rings (SSSR count). The van der Waals surface area contributed by atoms with Crippen molar-refractivity contribution in [3.63, 3.8) is 0 Å². The molecule has 1 N–H and O–H groups in total. The van der Waals surface area contributed by atoms with Crippen molar-refractivity contribution in [2.24, 2.45) is 11.8 Å². The smallest absolute Gasteiger partial charge is 0.396 e. The number of unbranched alkanes of at least 4 members (excludes halogenated alkanes) is 2. The largest absolute Gasteiger partial charge is 2.00 e. The Kier molecular flexibility index (Phi) is 80.5. The van der Waals surface area contributed by atoms with Gasteiger partial charge in [-0.15, -0.1) is 0 Å². The predicted octanol–water partition coefficient (Wildman–Crippen LogP) is 18.4. The van der Waals surface area contributed by atoms with E-state index < -0.39 is 16.2 Å². The van der Waals surface area contributed by atoms with E-state index in [1.807, 2.05) is 6.07 Å². The summed E-state index contributed by atoms with van der Waals surface area (Å²) in [6.07, 6.45) is 34.7. The van der Waals surface area contributed by atoms with Crippen LogP contribution in [0.2, 0.25) is 0 Å². The Morgan fingerprint density at radius 2 is 0.815 bits per heavy atom. The van der Waals surface area contributed by atoms with Gasteiger partial charge in [-0.2, -0.15) is 10.5 Å². The molecule has 0 aromatic rings. The minimum Gasteiger partial charge on any atom is -0.396 e. The average molecular weight is 1070 g/mol. The van der Waals surface area contributed by atoms with Crippen LogP contribution < -0.4 is 0 Å². The van der Waals surface area contributed by atoms with Gasteiger partial charge in [0.05, 0.1) is 44.8 Å². The van der Waals surface area contributed by atoms with Gasteiger partial charge in [0.1, 0.15) is 0 Å². The maximum absolute atomic E-state index is 8.71. The van der Waals surface area contributed by atoms with Gasteiger partial charge in [0.25, 0.3) is 8.53 Å². The summed E-state index contributed by atoms with van der Waals surface area (Å²) >= 11 is 6.13. The fourth-order valence-corrected chi connectivity index (χ4v) is 12.1. The van der Waals surface area contributed by atoms with Crippen molar-refractivity contribution in [3.8, 4) is 12.1 Å². The van der Waals surface area contributed by atoms with Gasteiger partial charge in [-0.3, -0.25) is 0 Å². The van der Waals surface area contributed by atoms with Crippen molar-refractivity contribution < 1.29 is 52.8 Å². The molecule has 396 valence electrons. The maximum Gasteiger partial charge on any atom is 2.00 e. The molecule has 0 bridgehead atoms. The van der Waals surface area contributed by atoms with Crippen LogP contribution in [-0.4, -0.2) is 65.0 Å². The fraction of sp³-hybridized carbons (Fsp3) is 0.885. The first-order chi connectivity index (χ1) is 27.5. The van der Waals surface area contributed by atoms with Gasteiger partial charge in [0, 0.05) is 30.8 Å². The number of rotatable bonds is 22. The summed E-state index contributed by atoms with van der Waals surface area (Å²) in [6, 6.07) is 5.64. The van der Waals surface area contributed by atoms with Crippen LogP contribution in [-0.2, 0) is 47.7 Å². The molecule has 4 fully saturated rings. The monoisotopic (exact) mass is 1060 g/mol. The van der Waals surface area contributed by atoms with Crippen molar-refractivity contribution in [3.05, 3.63) is 29.7 Å². The number of hydrogen-bond acceptors (Lipinski definition) is 8. The van der Waals surface area contributed by atoms with Gasteiger partial charge in [-0.25, -0.2) is 9.34 Å². The van der Waals surface area contributed by atoms with E-state index in [-0.39, 0.29) is 78.7 Å². The van der Waals surface area contributed by atoms with Crippen LogP contribution in [0.1, 0.15) is 237 Å². The van der Waals surface area contributed by atoms with Crippen LogP contribution in [0.4, 0.5) is 0 Å². The van der Waals surface area contributed by atoms with E-state index in [1.54, 1.807) is 0 Å².